The third-order valence-electron chi connectivity index (χ3n) is 2.22. The van der Waals surface area contributed by atoms with E-state index in [1.807, 2.05) is 11.8 Å². The summed E-state index contributed by atoms with van der Waals surface area (Å²) in [5.74, 6) is 1.30. The van der Waals surface area contributed by atoms with Gasteiger partial charge in [0.25, 0.3) is 0 Å². The van der Waals surface area contributed by atoms with Gasteiger partial charge in [-0.25, -0.2) is 0 Å². The molecule has 13 heavy (non-hydrogen) atoms. The Balaban J connectivity index is 2.21. The quantitative estimate of drug-likeness (QED) is 0.648. The van der Waals surface area contributed by atoms with Crippen molar-refractivity contribution in [2.75, 3.05) is 5.75 Å². The summed E-state index contributed by atoms with van der Waals surface area (Å²) in [5, 5.41) is 0. The molecule has 0 radical (unpaired) electrons. The monoisotopic (exact) mass is 190 g/mol. The van der Waals surface area contributed by atoms with Gasteiger partial charge in [0, 0.05) is 0 Å². The first kappa shape index (κ1) is 8.89. The standard InChI is InChI=1S/C12H14S/c1-10-4-2-5-11(8-10)9-12-6-3-7-13-12/h2,4-5,8-9H,3,6-7H2,1H3/b12-9+. The summed E-state index contributed by atoms with van der Waals surface area (Å²) in [5.41, 5.74) is 2.70. The second kappa shape index (κ2) is 4.01. The van der Waals surface area contributed by atoms with Crippen LogP contribution in [0.25, 0.3) is 6.08 Å². The molecule has 1 aliphatic heterocycles. The first-order valence-electron chi connectivity index (χ1n) is 4.75. The molecule has 0 spiro atoms. The largest absolute Gasteiger partial charge is 0.131 e. The highest BCUT2D eigenvalue weighted by atomic mass is 32.2. The number of thioether (sulfide) groups is 1. The van der Waals surface area contributed by atoms with Gasteiger partial charge < -0.3 is 0 Å². The van der Waals surface area contributed by atoms with Gasteiger partial charge >= 0.3 is 0 Å². The van der Waals surface area contributed by atoms with Crippen molar-refractivity contribution in [2.24, 2.45) is 0 Å². The maximum atomic E-state index is 2.32. The Hall–Kier alpha value is -0.690. The van der Waals surface area contributed by atoms with E-state index >= 15 is 0 Å². The summed E-state index contributed by atoms with van der Waals surface area (Å²) in [4.78, 5) is 1.55. The van der Waals surface area contributed by atoms with Gasteiger partial charge in [-0.05, 0) is 42.1 Å². The molecule has 0 aliphatic carbocycles. The van der Waals surface area contributed by atoms with E-state index in [9.17, 15) is 0 Å². The maximum Gasteiger partial charge on any atom is -0.00199 e. The second-order valence-corrected chi connectivity index (χ2v) is 4.70. The Morgan fingerprint density at radius 2 is 2.31 bits per heavy atom. The summed E-state index contributed by atoms with van der Waals surface area (Å²) in [7, 11) is 0. The SMILES string of the molecule is Cc1cccc(/C=C2\CCCS2)c1. The van der Waals surface area contributed by atoms with Crippen LogP contribution < -0.4 is 0 Å². The van der Waals surface area contributed by atoms with Gasteiger partial charge in [0.2, 0.25) is 0 Å². The fourth-order valence-electron chi connectivity index (χ4n) is 1.58. The van der Waals surface area contributed by atoms with E-state index in [-0.39, 0.29) is 0 Å². The van der Waals surface area contributed by atoms with Gasteiger partial charge in [0.05, 0.1) is 0 Å². The minimum atomic E-state index is 1.28. The minimum Gasteiger partial charge on any atom is -0.131 e. The molecule has 0 aromatic heterocycles. The molecule has 1 aliphatic rings. The summed E-state index contributed by atoms with van der Waals surface area (Å²) >= 11 is 2.00. The highest BCUT2D eigenvalue weighted by Crippen LogP contribution is 2.31. The Morgan fingerprint density at radius 3 is 3.00 bits per heavy atom. The minimum absolute atomic E-state index is 1.28. The summed E-state index contributed by atoms with van der Waals surface area (Å²) in [6.45, 7) is 2.14. The van der Waals surface area contributed by atoms with Gasteiger partial charge in [-0.1, -0.05) is 29.8 Å². The topological polar surface area (TPSA) is 0 Å². The Morgan fingerprint density at radius 1 is 1.38 bits per heavy atom. The van der Waals surface area contributed by atoms with Crippen molar-refractivity contribution in [3.05, 3.63) is 40.3 Å². The number of rotatable bonds is 1. The van der Waals surface area contributed by atoms with E-state index in [1.54, 1.807) is 4.91 Å². The van der Waals surface area contributed by atoms with Gasteiger partial charge in [-0.15, -0.1) is 11.8 Å². The molecule has 1 heterocycles. The van der Waals surface area contributed by atoms with E-state index < -0.39 is 0 Å². The first-order valence-corrected chi connectivity index (χ1v) is 5.73. The summed E-state index contributed by atoms with van der Waals surface area (Å²) < 4.78 is 0. The fraction of sp³-hybridized carbons (Fsp3) is 0.333. The molecule has 0 amide bonds. The molecule has 0 atom stereocenters. The number of benzene rings is 1. The van der Waals surface area contributed by atoms with Crippen molar-refractivity contribution in [3.8, 4) is 0 Å². The van der Waals surface area contributed by atoms with Crippen molar-refractivity contribution in [1.29, 1.82) is 0 Å². The number of hydrogen-bond donors (Lipinski definition) is 0. The molecular formula is C12H14S. The molecule has 1 fully saturated rings. The third kappa shape index (κ3) is 2.38. The van der Waals surface area contributed by atoms with Crippen LogP contribution in [0.2, 0.25) is 0 Å². The van der Waals surface area contributed by atoms with Crippen LogP contribution >= 0.6 is 11.8 Å². The predicted molar refractivity (Wildman–Crippen MR) is 60.8 cm³/mol. The summed E-state index contributed by atoms with van der Waals surface area (Å²) in [6, 6.07) is 8.69. The average molecular weight is 190 g/mol. The third-order valence-corrected chi connectivity index (χ3v) is 3.41. The number of aryl methyl sites for hydroxylation is 1. The van der Waals surface area contributed by atoms with Crippen LogP contribution in [0.1, 0.15) is 24.0 Å². The molecule has 68 valence electrons. The van der Waals surface area contributed by atoms with Crippen LogP contribution in [0.5, 0.6) is 0 Å². The zero-order valence-corrected chi connectivity index (χ0v) is 8.73. The van der Waals surface area contributed by atoms with E-state index in [0.717, 1.165) is 0 Å². The molecule has 0 N–H and O–H groups in total. The highest BCUT2D eigenvalue weighted by molar-refractivity contribution is 8.03. The molecule has 0 nitrogen and oxygen atoms in total. The molecule has 0 unspecified atom stereocenters. The van der Waals surface area contributed by atoms with Crippen molar-refractivity contribution in [2.45, 2.75) is 19.8 Å². The fourth-order valence-corrected chi connectivity index (χ4v) is 2.64. The van der Waals surface area contributed by atoms with E-state index in [1.165, 1.54) is 29.7 Å². The molecule has 2 rings (SSSR count). The van der Waals surface area contributed by atoms with Gasteiger partial charge in [0.1, 0.15) is 0 Å². The molecule has 1 aromatic carbocycles. The lowest BCUT2D eigenvalue weighted by atomic mass is 10.1. The van der Waals surface area contributed by atoms with Gasteiger partial charge in [-0.2, -0.15) is 0 Å². The predicted octanol–water partition coefficient (Wildman–Crippen LogP) is 3.86. The molecule has 1 saturated heterocycles. The zero-order chi connectivity index (χ0) is 9.10. The summed E-state index contributed by atoms with van der Waals surface area (Å²) in [6.07, 6.45) is 4.95. The molecule has 1 heteroatoms. The highest BCUT2D eigenvalue weighted by Gasteiger charge is 2.06. The van der Waals surface area contributed by atoms with E-state index in [2.05, 4.69) is 37.3 Å². The smallest absolute Gasteiger partial charge is 0.00199 e. The van der Waals surface area contributed by atoms with Crippen LogP contribution in [0.4, 0.5) is 0 Å². The second-order valence-electron chi connectivity index (χ2n) is 3.48. The molecule has 1 aromatic rings. The lowest BCUT2D eigenvalue weighted by molar-refractivity contribution is 0.999. The van der Waals surface area contributed by atoms with Crippen LogP contribution in [0.3, 0.4) is 0 Å². The van der Waals surface area contributed by atoms with Crippen molar-refractivity contribution in [3.63, 3.8) is 0 Å². The van der Waals surface area contributed by atoms with E-state index in [4.69, 9.17) is 0 Å². The van der Waals surface area contributed by atoms with Gasteiger partial charge in [-0.3, -0.25) is 0 Å². The van der Waals surface area contributed by atoms with Crippen LogP contribution in [-0.2, 0) is 0 Å². The maximum absolute atomic E-state index is 2.32. The van der Waals surface area contributed by atoms with Crippen LogP contribution in [0, 0.1) is 6.92 Å². The van der Waals surface area contributed by atoms with Crippen molar-refractivity contribution < 1.29 is 0 Å². The Labute approximate surface area is 84.0 Å². The van der Waals surface area contributed by atoms with Gasteiger partial charge in [0.15, 0.2) is 0 Å². The molecule has 0 saturated carbocycles. The Kier molecular flexibility index (Phi) is 2.74. The lowest BCUT2D eigenvalue weighted by Gasteiger charge is -1.97. The molecular weight excluding hydrogens is 176 g/mol. The Bertz CT molecular complexity index is 318. The van der Waals surface area contributed by atoms with E-state index in [0.29, 0.717) is 0 Å². The first-order chi connectivity index (χ1) is 6.34. The lowest BCUT2D eigenvalue weighted by Crippen LogP contribution is -1.75. The average Bonchev–Trinajstić information content (AvgIpc) is 2.57. The van der Waals surface area contributed by atoms with Crippen LogP contribution in [0.15, 0.2) is 29.2 Å². The normalized spacial score (nSPS) is 19.6. The molecule has 0 bridgehead atoms. The number of allylic oxidation sites excluding steroid dienone is 1. The van der Waals surface area contributed by atoms with Crippen molar-refractivity contribution >= 4 is 17.8 Å². The van der Waals surface area contributed by atoms with Crippen LogP contribution in [-0.4, -0.2) is 5.75 Å². The van der Waals surface area contributed by atoms with Crippen molar-refractivity contribution in [1.82, 2.24) is 0 Å². The zero-order valence-electron chi connectivity index (χ0n) is 7.92. The number of hydrogen-bond acceptors (Lipinski definition) is 1.